The van der Waals surface area contributed by atoms with Crippen molar-refractivity contribution in [1.29, 1.82) is 0 Å². The number of benzene rings is 1. The third kappa shape index (κ3) is 3.45. The number of esters is 1. The van der Waals surface area contributed by atoms with Crippen molar-refractivity contribution in [2.75, 3.05) is 18.9 Å². The van der Waals surface area contributed by atoms with Gasteiger partial charge in [0.15, 0.2) is 0 Å². The molecule has 2 N–H and O–H groups in total. The summed E-state index contributed by atoms with van der Waals surface area (Å²) in [5, 5.41) is 10.8. The molecule has 10 nitrogen and oxygen atoms in total. The first-order valence-corrected chi connectivity index (χ1v) is 7.92. The highest BCUT2D eigenvalue weighted by molar-refractivity contribution is 6.21. The number of amides is 2. The van der Waals surface area contributed by atoms with E-state index in [0.717, 1.165) is 17.2 Å². The van der Waals surface area contributed by atoms with Gasteiger partial charge < -0.3 is 10.5 Å². The third-order valence-corrected chi connectivity index (χ3v) is 3.97. The van der Waals surface area contributed by atoms with Crippen LogP contribution >= 0.6 is 0 Å². The van der Waals surface area contributed by atoms with Crippen LogP contribution in [0.3, 0.4) is 0 Å². The lowest BCUT2D eigenvalue weighted by Gasteiger charge is -2.13. The highest BCUT2D eigenvalue weighted by Crippen LogP contribution is 2.22. The van der Waals surface area contributed by atoms with E-state index in [9.17, 15) is 24.5 Å². The van der Waals surface area contributed by atoms with E-state index in [2.05, 4.69) is 4.98 Å². The summed E-state index contributed by atoms with van der Waals surface area (Å²) < 4.78 is 5.02. The van der Waals surface area contributed by atoms with Gasteiger partial charge in [0.25, 0.3) is 17.5 Å². The molecule has 2 heterocycles. The summed E-state index contributed by atoms with van der Waals surface area (Å²) in [6, 6.07) is 7.48. The Bertz CT molecular complexity index is 923. The smallest absolute Gasteiger partial charge is 0.342 e. The number of nitrogens with two attached hydrogens (primary N) is 1. The average Bonchev–Trinajstić information content (AvgIpc) is 2.90. The van der Waals surface area contributed by atoms with Gasteiger partial charge in [0, 0.05) is 12.6 Å². The quantitative estimate of drug-likeness (QED) is 0.264. The molecule has 1 aromatic carbocycles. The van der Waals surface area contributed by atoms with Crippen LogP contribution in [0.1, 0.15) is 37.5 Å². The van der Waals surface area contributed by atoms with Crippen LogP contribution in [0.25, 0.3) is 0 Å². The van der Waals surface area contributed by atoms with Crippen LogP contribution in [-0.4, -0.2) is 45.7 Å². The molecule has 0 unspecified atom stereocenters. The topological polar surface area (TPSA) is 146 Å². The van der Waals surface area contributed by atoms with Crippen molar-refractivity contribution in [2.45, 2.75) is 6.42 Å². The van der Waals surface area contributed by atoms with Gasteiger partial charge in [-0.1, -0.05) is 12.1 Å². The van der Waals surface area contributed by atoms with E-state index < -0.39 is 22.7 Å². The highest BCUT2D eigenvalue weighted by atomic mass is 16.6. The summed E-state index contributed by atoms with van der Waals surface area (Å²) in [6.07, 6.45) is 1.15. The van der Waals surface area contributed by atoms with Crippen LogP contribution in [0.5, 0.6) is 0 Å². The highest BCUT2D eigenvalue weighted by Gasteiger charge is 2.34. The lowest BCUT2D eigenvalue weighted by Crippen LogP contribution is -2.31. The molecule has 2 amide bonds. The van der Waals surface area contributed by atoms with Gasteiger partial charge >= 0.3 is 5.97 Å². The Labute approximate surface area is 152 Å². The summed E-state index contributed by atoms with van der Waals surface area (Å²) in [4.78, 5) is 51.2. The first-order valence-electron chi connectivity index (χ1n) is 7.92. The van der Waals surface area contributed by atoms with Crippen LogP contribution in [0.4, 0.5) is 11.5 Å². The normalized spacial score (nSPS) is 12.8. The second-order valence-electron chi connectivity index (χ2n) is 5.68. The van der Waals surface area contributed by atoms with E-state index >= 15 is 0 Å². The molecule has 1 aliphatic rings. The van der Waals surface area contributed by atoms with Crippen molar-refractivity contribution in [2.24, 2.45) is 0 Å². The Morgan fingerprint density at radius 1 is 1.22 bits per heavy atom. The van der Waals surface area contributed by atoms with E-state index in [4.69, 9.17) is 10.5 Å². The van der Waals surface area contributed by atoms with Crippen LogP contribution in [-0.2, 0) is 4.74 Å². The van der Waals surface area contributed by atoms with Gasteiger partial charge in [-0.25, -0.2) is 9.78 Å². The van der Waals surface area contributed by atoms with Gasteiger partial charge in [0.2, 0.25) is 0 Å². The second kappa shape index (κ2) is 7.20. The number of nitro groups is 1. The maximum Gasteiger partial charge on any atom is 0.342 e. The van der Waals surface area contributed by atoms with Crippen molar-refractivity contribution in [3.8, 4) is 0 Å². The first-order chi connectivity index (χ1) is 12.9. The summed E-state index contributed by atoms with van der Waals surface area (Å²) in [7, 11) is 0. The predicted octanol–water partition coefficient (Wildman–Crippen LogP) is 1.42. The molecule has 0 radical (unpaired) electrons. The second-order valence-corrected chi connectivity index (χ2v) is 5.68. The Morgan fingerprint density at radius 3 is 2.44 bits per heavy atom. The fraction of sp³-hybridized carbons (Fsp3) is 0.176. The molecule has 27 heavy (non-hydrogen) atoms. The zero-order valence-corrected chi connectivity index (χ0v) is 14.0. The molecule has 138 valence electrons. The monoisotopic (exact) mass is 370 g/mol. The molecule has 1 aromatic heterocycles. The molecule has 0 aliphatic carbocycles. The molecule has 0 fully saturated rings. The molecule has 0 atom stereocenters. The molecular weight excluding hydrogens is 356 g/mol. The number of anilines is 1. The van der Waals surface area contributed by atoms with Gasteiger partial charge in [-0.3, -0.25) is 24.6 Å². The molecule has 0 spiro atoms. The fourth-order valence-electron chi connectivity index (χ4n) is 2.64. The van der Waals surface area contributed by atoms with Crippen molar-refractivity contribution in [1.82, 2.24) is 9.88 Å². The van der Waals surface area contributed by atoms with Crippen molar-refractivity contribution < 1.29 is 24.0 Å². The van der Waals surface area contributed by atoms with Crippen molar-refractivity contribution >= 4 is 29.3 Å². The number of rotatable bonds is 6. The Balaban J connectivity index is 1.56. The van der Waals surface area contributed by atoms with E-state index in [-0.39, 0.29) is 36.6 Å². The number of carbonyl (C=O) groups excluding carboxylic acids is 3. The SMILES string of the molecule is Nc1ncc([N+](=O)[O-])cc1C(=O)OCCCN1C(=O)c2ccccc2C1=O. The number of nitrogen functional groups attached to an aromatic ring is 1. The number of imide groups is 1. The lowest BCUT2D eigenvalue weighted by atomic mass is 10.1. The van der Waals surface area contributed by atoms with Crippen LogP contribution in [0.15, 0.2) is 36.5 Å². The number of hydrogen-bond acceptors (Lipinski definition) is 8. The Hall–Kier alpha value is -3.82. The van der Waals surface area contributed by atoms with E-state index in [1.807, 2.05) is 0 Å². The first kappa shape index (κ1) is 18.0. The minimum atomic E-state index is -0.869. The number of fused-ring (bicyclic) bond motifs is 1. The molecule has 0 saturated carbocycles. The Morgan fingerprint density at radius 2 is 1.85 bits per heavy atom. The maximum absolute atomic E-state index is 12.2. The number of nitrogens with zero attached hydrogens (tertiary/aromatic N) is 3. The minimum absolute atomic E-state index is 0.0717. The Kier molecular flexibility index (Phi) is 4.79. The van der Waals surface area contributed by atoms with E-state index in [1.165, 1.54) is 0 Å². The number of hydrogen-bond donors (Lipinski definition) is 1. The summed E-state index contributed by atoms with van der Waals surface area (Å²) in [5.41, 5.74) is 5.63. The average molecular weight is 370 g/mol. The molecule has 1 aliphatic heterocycles. The predicted molar refractivity (Wildman–Crippen MR) is 92.0 cm³/mol. The molecule has 10 heteroatoms. The number of carbonyl (C=O) groups is 3. The van der Waals surface area contributed by atoms with Gasteiger partial charge in [0.1, 0.15) is 17.6 Å². The third-order valence-electron chi connectivity index (χ3n) is 3.97. The molecule has 3 rings (SSSR count). The molecule has 2 aromatic rings. The van der Waals surface area contributed by atoms with Crippen LogP contribution < -0.4 is 5.73 Å². The fourth-order valence-corrected chi connectivity index (χ4v) is 2.64. The maximum atomic E-state index is 12.2. The van der Waals surface area contributed by atoms with Crippen molar-refractivity contribution in [3.63, 3.8) is 0 Å². The zero-order chi connectivity index (χ0) is 19.6. The van der Waals surface area contributed by atoms with Crippen LogP contribution in [0.2, 0.25) is 0 Å². The molecule has 0 bridgehead atoms. The lowest BCUT2D eigenvalue weighted by molar-refractivity contribution is -0.385. The summed E-state index contributed by atoms with van der Waals surface area (Å²) in [5.74, 6) is -1.85. The van der Waals surface area contributed by atoms with Crippen LogP contribution in [0, 0.1) is 10.1 Å². The van der Waals surface area contributed by atoms with Crippen molar-refractivity contribution in [3.05, 3.63) is 63.3 Å². The summed E-state index contributed by atoms with van der Waals surface area (Å²) >= 11 is 0. The van der Waals surface area contributed by atoms with Gasteiger partial charge in [-0.05, 0) is 18.6 Å². The van der Waals surface area contributed by atoms with E-state index in [1.54, 1.807) is 24.3 Å². The van der Waals surface area contributed by atoms with Gasteiger partial charge in [-0.2, -0.15) is 0 Å². The standard InChI is InChI=1S/C17H14N4O6/c18-14-13(8-10(9-19-14)21(25)26)17(24)27-7-3-6-20-15(22)11-4-1-2-5-12(11)16(20)23/h1-2,4-5,8-9H,3,6-7H2,(H2,18,19). The molecular formula is C17H14N4O6. The number of pyridine rings is 1. The van der Waals surface area contributed by atoms with Gasteiger partial charge in [-0.15, -0.1) is 0 Å². The largest absolute Gasteiger partial charge is 0.462 e. The number of aromatic nitrogens is 1. The summed E-state index contributed by atoms with van der Waals surface area (Å²) in [6.45, 7) is -0.0311. The zero-order valence-electron chi connectivity index (χ0n) is 14.0. The minimum Gasteiger partial charge on any atom is -0.462 e. The van der Waals surface area contributed by atoms with E-state index in [0.29, 0.717) is 11.1 Å². The number of ether oxygens (including phenoxy) is 1. The molecule has 0 saturated heterocycles. The van der Waals surface area contributed by atoms with Gasteiger partial charge in [0.05, 0.1) is 22.7 Å².